The zero-order chi connectivity index (χ0) is 42.1. The largest absolute Gasteiger partial charge is 0.359 e. The van der Waals surface area contributed by atoms with Crippen molar-refractivity contribution < 1.29 is 36.6 Å². The third-order valence-electron chi connectivity index (χ3n) is 11.2. The Kier molecular flexibility index (Phi) is 10.2. The highest BCUT2D eigenvalue weighted by molar-refractivity contribution is 5.87. The van der Waals surface area contributed by atoms with E-state index in [1.54, 1.807) is 26.2 Å². The van der Waals surface area contributed by atoms with Gasteiger partial charge in [0.25, 0.3) is 23.7 Å². The van der Waals surface area contributed by atoms with E-state index >= 15 is 0 Å². The lowest BCUT2D eigenvalue weighted by atomic mass is 9.85. The number of amides is 2. The van der Waals surface area contributed by atoms with Crippen LogP contribution in [-0.2, 0) is 19.1 Å². The number of nitrogens with zero attached hydrogens (tertiary/aromatic N) is 4. The van der Waals surface area contributed by atoms with E-state index in [0.29, 0.717) is 45.1 Å². The van der Waals surface area contributed by atoms with Crippen LogP contribution in [0.5, 0.6) is 0 Å². The molecule has 0 radical (unpaired) electrons. The van der Waals surface area contributed by atoms with Gasteiger partial charge in [0.15, 0.2) is 0 Å². The molecule has 2 fully saturated rings. The number of fused-ring (bicyclic) bond motifs is 2. The summed E-state index contributed by atoms with van der Waals surface area (Å²) in [5.74, 6) is -5.81. The molecule has 2 aromatic carbocycles. The summed E-state index contributed by atoms with van der Waals surface area (Å²) < 4.78 is 65.9. The maximum atomic E-state index is 13.8. The molecule has 5 aromatic rings. The number of hydrogen-bond acceptors (Lipinski definition) is 8. The quantitative estimate of drug-likeness (QED) is 0.114. The second-order valence-electron chi connectivity index (χ2n) is 18.3. The summed E-state index contributed by atoms with van der Waals surface area (Å²) in [5, 5.41) is 6.03. The van der Waals surface area contributed by atoms with E-state index in [1.165, 1.54) is 0 Å². The monoisotopic (exact) mass is 806 g/mol. The molecule has 2 saturated heterocycles. The van der Waals surface area contributed by atoms with Gasteiger partial charge in [0.1, 0.15) is 36.1 Å². The van der Waals surface area contributed by atoms with Crippen LogP contribution in [0.3, 0.4) is 0 Å². The molecule has 0 saturated carbocycles. The van der Waals surface area contributed by atoms with Gasteiger partial charge in [-0.25, -0.2) is 27.5 Å². The minimum Gasteiger partial charge on any atom is -0.359 e. The van der Waals surface area contributed by atoms with E-state index in [-0.39, 0.29) is 12.8 Å². The van der Waals surface area contributed by atoms with Crippen LogP contribution in [0.2, 0.25) is 0 Å². The molecule has 12 nitrogen and oxygen atoms in total. The van der Waals surface area contributed by atoms with Gasteiger partial charge in [-0.1, -0.05) is 53.7 Å². The van der Waals surface area contributed by atoms with Gasteiger partial charge in [0.2, 0.25) is 0 Å². The van der Waals surface area contributed by atoms with E-state index in [0.717, 1.165) is 11.1 Å². The minimum absolute atomic E-state index is 0.101. The van der Waals surface area contributed by atoms with Crippen LogP contribution in [0, 0.1) is 10.8 Å². The summed E-state index contributed by atoms with van der Waals surface area (Å²) in [6.45, 7) is 13.2. The molecule has 0 spiro atoms. The van der Waals surface area contributed by atoms with Gasteiger partial charge >= 0.3 is 0 Å². The molecule has 4 atom stereocenters. The molecule has 3 aromatic heterocycles. The first-order chi connectivity index (χ1) is 26.9. The summed E-state index contributed by atoms with van der Waals surface area (Å²) in [7, 11) is 0. The van der Waals surface area contributed by atoms with Crippen molar-refractivity contribution >= 4 is 33.9 Å². The average molecular weight is 807 g/mol. The zero-order valence-electron chi connectivity index (χ0n) is 33.9. The van der Waals surface area contributed by atoms with Crippen LogP contribution >= 0.6 is 0 Å². The molecule has 0 bridgehead atoms. The Hall–Kier alpha value is -4.96. The molecule has 16 heteroatoms. The van der Waals surface area contributed by atoms with Crippen LogP contribution < -0.4 is 10.6 Å². The summed E-state index contributed by atoms with van der Waals surface area (Å²) in [6.07, 6.45) is 2.30. The Balaban J connectivity index is 1.08. The third kappa shape index (κ3) is 8.44. The summed E-state index contributed by atoms with van der Waals surface area (Å²) in [6, 6.07) is 10.1. The number of carbonyl (C=O) groups excluding carboxylic acids is 2. The fourth-order valence-electron chi connectivity index (χ4n) is 7.25. The van der Waals surface area contributed by atoms with Crippen molar-refractivity contribution in [1.82, 2.24) is 40.5 Å². The first-order valence-corrected chi connectivity index (χ1v) is 19.4. The Morgan fingerprint density at radius 3 is 1.34 bits per heavy atom. The standard InChI is InChI=1S/C42H50F4N8O4/c1-37(2,3)31(53-35(55)39(7)13-15-41(43,44)21-57-39)33-49-25-11-9-23(17-27(25)51-33)29-19-48-30(20-47-29)24-10-12-26-28(18-24)52-34(50-26)32(38(4,5)6)54-36(56)40(8)14-16-42(45,46)22-58-40/h9-12,17-20,31-32H,13-16,21-22H2,1-8H3,(H,49,51)(H,50,52)(H,53,55)(H,54,56)/t31-,32-,39-,40-/m1/s1. The molecule has 2 aliphatic rings. The Morgan fingerprint density at radius 2 is 1.03 bits per heavy atom. The first-order valence-electron chi connectivity index (χ1n) is 19.4. The van der Waals surface area contributed by atoms with E-state index in [4.69, 9.17) is 29.4 Å². The number of alkyl halides is 4. The van der Waals surface area contributed by atoms with E-state index < -0.39 is 83.8 Å². The lowest BCUT2D eigenvalue weighted by Crippen LogP contribution is -2.54. The topological polar surface area (TPSA) is 160 Å². The zero-order valence-corrected chi connectivity index (χ0v) is 33.9. The van der Waals surface area contributed by atoms with E-state index in [2.05, 4.69) is 20.6 Å². The minimum atomic E-state index is -2.95. The van der Waals surface area contributed by atoms with Crippen molar-refractivity contribution in [2.24, 2.45) is 10.8 Å². The normalized spacial score (nSPS) is 23.4. The highest BCUT2D eigenvalue weighted by atomic mass is 19.3. The van der Waals surface area contributed by atoms with E-state index in [9.17, 15) is 27.2 Å². The van der Waals surface area contributed by atoms with Crippen molar-refractivity contribution in [2.45, 2.75) is 116 Å². The van der Waals surface area contributed by atoms with Crippen LogP contribution in [0.4, 0.5) is 17.6 Å². The summed E-state index contributed by atoms with van der Waals surface area (Å²) >= 11 is 0. The maximum Gasteiger partial charge on any atom is 0.271 e. The predicted octanol–water partition coefficient (Wildman–Crippen LogP) is 8.38. The average Bonchev–Trinajstić information content (AvgIpc) is 3.77. The molecule has 7 rings (SSSR count). The number of ether oxygens (including phenoxy) is 2. The molecule has 58 heavy (non-hydrogen) atoms. The predicted molar refractivity (Wildman–Crippen MR) is 210 cm³/mol. The number of benzene rings is 2. The highest BCUT2D eigenvalue weighted by Crippen LogP contribution is 2.39. The summed E-state index contributed by atoms with van der Waals surface area (Å²) in [5.41, 5.74) is 1.86. The number of rotatable bonds is 8. The number of aromatic amines is 2. The molecule has 2 aliphatic heterocycles. The highest BCUT2D eigenvalue weighted by Gasteiger charge is 2.49. The van der Waals surface area contributed by atoms with Crippen molar-refractivity contribution in [3.63, 3.8) is 0 Å². The molecule has 5 heterocycles. The van der Waals surface area contributed by atoms with Gasteiger partial charge in [0.05, 0.1) is 57.9 Å². The lowest BCUT2D eigenvalue weighted by Gasteiger charge is -2.38. The number of aromatic nitrogens is 6. The Bertz CT molecular complexity index is 2160. The molecule has 4 N–H and O–H groups in total. The third-order valence-corrected chi connectivity index (χ3v) is 11.2. The Morgan fingerprint density at radius 1 is 0.655 bits per heavy atom. The van der Waals surface area contributed by atoms with Crippen LogP contribution in [0.25, 0.3) is 44.6 Å². The first kappa shape index (κ1) is 41.2. The van der Waals surface area contributed by atoms with Gasteiger partial charge in [-0.05, 0) is 61.8 Å². The number of hydrogen-bond donors (Lipinski definition) is 4. The van der Waals surface area contributed by atoms with Crippen LogP contribution in [0.15, 0.2) is 48.8 Å². The van der Waals surface area contributed by atoms with Gasteiger partial charge < -0.3 is 30.1 Å². The molecule has 0 aliphatic carbocycles. The van der Waals surface area contributed by atoms with Crippen molar-refractivity contribution in [2.75, 3.05) is 13.2 Å². The van der Waals surface area contributed by atoms with E-state index in [1.807, 2.05) is 77.9 Å². The second-order valence-corrected chi connectivity index (χ2v) is 18.3. The number of H-pyrrole nitrogens is 2. The molecule has 310 valence electrons. The van der Waals surface area contributed by atoms with Gasteiger partial charge in [-0.2, -0.15) is 0 Å². The summed E-state index contributed by atoms with van der Waals surface area (Å²) in [4.78, 5) is 52.5. The molecular weight excluding hydrogens is 757 g/mol. The van der Waals surface area contributed by atoms with Crippen molar-refractivity contribution in [3.8, 4) is 22.5 Å². The molecular formula is C42H50F4N8O4. The van der Waals surface area contributed by atoms with Gasteiger partial charge in [-0.15, -0.1) is 0 Å². The number of halogens is 4. The fourth-order valence-corrected chi connectivity index (χ4v) is 7.25. The van der Waals surface area contributed by atoms with Crippen LogP contribution in [0.1, 0.15) is 105 Å². The van der Waals surface area contributed by atoms with Crippen molar-refractivity contribution in [3.05, 3.63) is 60.4 Å². The fraction of sp³-hybridized carbons (Fsp3) is 0.524. The number of carbonyl (C=O) groups is 2. The molecule has 0 unspecified atom stereocenters. The second kappa shape index (κ2) is 14.4. The number of imidazole rings is 2. The number of nitrogens with one attached hydrogen (secondary N) is 4. The van der Waals surface area contributed by atoms with Gasteiger partial charge in [-0.3, -0.25) is 19.6 Å². The molecule has 2 amide bonds. The lowest BCUT2D eigenvalue weighted by molar-refractivity contribution is -0.190. The van der Waals surface area contributed by atoms with Crippen molar-refractivity contribution in [1.29, 1.82) is 0 Å². The maximum absolute atomic E-state index is 13.8. The smallest absolute Gasteiger partial charge is 0.271 e. The van der Waals surface area contributed by atoms with Crippen LogP contribution in [-0.4, -0.2) is 78.0 Å². The van der Waals surface area contributed by atoms with Gasteiger partial charge in [0, 0.05) is 24.0 Å². The SMILES string of the molecule is CC(C)(C)[C@H](NC(=O)[C@@]1(C)CCC(F)(F)CO1)c1nc2ccc(-c3cnc(-c4ccc5nc([C@@H](NC(=O)[C@@]6(C)CCC(F)(F)CO6)C(C)(C)C)[nH]c5c4)cn3)cc2[nH]1. The Labute approximate surface area is 333 Å².